The summed E-state index contributed by atoms with van der Waals surface area (Å²) in [5, 5.41) is 3.31. The molecule has 3 nitrogen and oxygen atoms in total. The van der Waals surface area contributed by atoms with Crippen LogP contribution in [-0.4, -0.2) is 37.0 Å². The van der Waals surface area contributed by atoms with Gasteiger partial charge < -0.3 is 10.2 Å². The molecule has 0 aromatic heterocycles. The van der Waals surface area contributed by atoms with Gasteiger partial charge in [-0.25, -0.2) is 0 Å². The van der Waals surface area contributed by atoms with Gasteiger partial charge >= 0.3 is 0 Å². The zero-order chi connectivity index (χ0) is 14.5. The van der Waals surface area contributed by atoms with Gasteiger partial charge in [-0.2, -0.15) is 0 Å². The van der Waals surface area contributed by atoms with Crippen molar-refractivity contribution in [1.29, 1.82) is 0 Å². The summed E-state index contributed by atoms with van der Waals surface area (Å²) >= 11 is 0. The lowest BCUT2D eigenvalue weighted by molar-refractivity contribution is -0.132. The first-order chi connectivity index (χ1) is 9.61. The molecule has 4 heteroatoms. The molecule has 1 aliphatic heterocycles. The zero-order valence-electron chi connectivity index (χ0n) is 13.3. The van der Waals surface area contributed by atoms with E-state index in [1.54, 1.807) is 0 Å². The van der Waals surface area contributed by atoms with Gasteiger partial charge in [0.15, 0.2) is 0 Å². The molecule has 2 unspecified atom stereocenters. The number of carbonyl (C=O) groups is 1. The summed E-state index contributed by atoms with van der Waals surface area (Å²) in [6, 6.07) is 9.03. The van der Waals surface area contributed by atoms with Crippen molar-refractivity contribution in [3.05, 3.63) is 35.4 Å². The Hall–Kier alpha value is -1.06. The number of benzene rings is 1. The number of hydrogen-bond acceptors (Lipinski definition) is 2. The van der Waals surface area contributed by atoms with Crippen molar-refractivity contribution in [2.24, 2.45) is 0 Å². The molecular weight excluding hydrogens is 284 g/mol. The third-order valence-electron chi connectivity index (χ3n) is 4.41. The van der Waals surface area contributed by atoms with Crippen molar-refractivity contribution < 1.29 is 4.79 Å². The fourth-order valence-electron chi connectivity index (χ4n) is 2.78. The van der Waals surface area contributed by atoms with Gasteiger partial charge in [-0.15, -0.1) is 12.4 Å². The number of likely N-dealkylation sites (N-methyl/N-ethyl adjacent to an activating group) is 1. The van der Waals surface area contributed by atoms with Crippen molar-refractivity contribution in [1.82, 2.24) is 10.2 Å². The lowest BCUT2D eigenvalue weighted by atomic mass is 9.95. The molecule has 1 aromatic rings. The molecule has 0 spiro atoms. The quantitative estimate of drug-likeness (QED) is 0.907. The van der Waals surface area contributed by atoms with Crippen LogP contribution in [0.1, 0.15) is 43.7 Å². The fraction of sp³-hybridized carbons (Fsp3) is 0.588. The Kier molecular flexibility index (Phi) is 7.20. The highest BCUT2D eigenvalue weighted by Crippen LogP contribution is 2.21. The first-order valence-electron chi connectivity index (χ1n) is 7.67. The van der Waals surface area contributed by atoms with Gasteiger partial charge in [-0.1, -0.05) is 38.1 Å². The Morgan fingerprint density at radius 3 is 2.57 bits per heavy atom. The van der Waals surface area contributed by atoms with Crippen LogP contribution in [0.2, 0.25) is 0 Å². The Labute approximate surface area is 134 Å². The highest BCUT2D eigenvalue weighted by atomic mass is 35.5. The zero-order valence-corrected chi connectivity index (χ0v) is 14.1. The highest BCUT2D eigenvalue weighted by molar-refractivity contribution is 5.85. The summed E-state index contributed by atoms with van der Waals surface area (Å²) in [6.07, 6.45) is 2.73. The van der Waals surface area contributed by atoms with E-state index < -0.39 is 0 Å². The average molecular weight is 311 g/mol. The standard InChI is InChI=1S/C17H26N2O.ClH/c1-4-14-5-7-15(8-6-14)13(2)11-17(20)19(3)16-9-10-18-12-16;/h5-8,13,16,18H,4,9-12H2,1-3H3;1H. The molecule has 1 heterocycles. The van der Waals surface area contributed by atoms with Crippen LogP contribution in [0.25, 0.3) is 0 Å². The van der Waals surface area contributed by atoms with E-state index in [2.05, 4.69) is 43.4 Å². The fourth-order valence-corrected chi connectivity index (χ4v) is 2.78. The normalized spacial score (nSPS) is 18.9. The third kappa shape index (κ3) is 4.72. The van der Waals surface area contributed by atoms with Crippen molar-refractivity contribution in [2.75, 3.05) is 20.1 Å². The van der Waals surface area contributed by atoms with E-state index in [0.29, 0.717) is 12.5 Å². The monoisotopic (exact) mass is 310 g/mol. The van der Waals surface area contributed by atoms with E-state index in [-0.39, 0.29) is 24.2 Å². The average Bonchev–Trinajstić information content (AvgIpc) is 3.00. The molecule has 0 aliphatic carbocycles. The van der Waals surface area contributed by atoms with Gasteiger partial charge in [-0.05, 0) is 36.4 Å². The molecule has 1 N–H and O–H groups in total. The van der Waals surface area contributed by atoms with E-state index in [1.807, 2.05) is 11.9 Å². The maximum Gasteiger partial charge on any atom is 0.223 e. The molecular formula is C17H27ClN2O. The SMILES string of the molecule is CCc1ccc(C(C)CC(=O)N(C)C2CCNC2)cc1.Cl. The number of amides is 1. The molecule has 1 aromatic carbocycles. The second-order valence-electron chi connectivity index (χ2n) is 5.85. The molecule has 1 amide bonds. The second kappa shape index (κ2) is 8.40. The number of halogens is 1. The van der Waals surface area contributed by atoms with Crippen LogP contribution >= 0.6 is 12.4 Å². The van der Waals surface area contributed by atoms with E-state index in [4.69, 9.17) is 0 Å². The largest absolute Gasteiger partial charge is 0.341 e. The molecule has 1 fully saturated rings. The summed E-state index contributed by atoms with van der Waals surface area (Å²) in [6.45, 7) is 6.25. The lowest BCUT2D eigenvalue weighted by Crippen LogP contribution is -2.38. The second-order valence-corrected chi connectivity index (χ2v) is 5.85. The van der Waals surface area contributed by atoms with E-state index in [1.165, 1.54) is 11.1 Å². The maximum atomic E-state index is 12.3. The molecule has 2 atom stereocenters. The summed E-state index contributed by atoms with van der Waals surface area (Å²) in [4.78, 5) is 14.3. The minimum atomic E-state index is 0. The van der Waals surface area contributed by atoms with Gasteiger partial charge in [0.1, 0.15) is 0 Å². The summed E-state index contributed by atoms with van der Waals surface area (Å²) < 4.78 is 0. The highest BCUT2D eigenvalue weighted by Gasteiger charge is 2.24. The Morgan fingerprint density at radius 1 is 1.38 bits per heavy atom. The molecule has 0 saturated carbocycles. The predicted octanol–water partition coefficient (Wildman–Crippen LogP) is 2.98. The number of hydrogen-bond donors (Lipinski definition) is 1. The number of rotatable bonds is 5. The molecule has 0 bridgehead atoms. The minimum Gasteiger partial charge on any atom is -0.341 e. The van der Waals surface area contributed by atoms with Crippen LogP contribution in [0, 0.1) is 0 Å². The molecule has 118 valence electrons. The number of nitrogens with one attached hydrogen (secondary N) is 1. The summed E-state index contributed by atoms with van der Waals surface area (Å²) in [7, 11) is 1.94. The van der Waals surface area contributed by atoms with Crippen LogP contribution in [-0.2, 0) is 11.2 Å². The van der Waals surface area contributed by atoms with Crippen LogP contribution in [0.15, 0.2) is 24.3 Å². The van der Waals surface area contributed by atoms with E-state index >= 15 is 0 Å². The van der Waals surface area contributed by atoms with E-state index in [9.17, 15) is 4.79 Å². The van der Waals surface area contributed by atoms with Crippen molar-refractivity contribution in [2.45, 2.75) is 45.1 Å². The van der Waals surface area contributed by atoms with Crippen molar-refractivity contribution in [3.8, 4) is 0 Å². The smallest absolute Gasteiger partial charge is 0.223 e. The minimum absolute atomic E-state index is 0. The Balaban J connectivity index is 0.00000220. The van der Waals surface area contributed by atoms with Crippen LogP contribution in [0.5, 0.6) is 0 Å². The van der Waals surface area contributed by atoms with Crippen LogP contribution < -0.4 is 5.32 Å². The van der Waals surface area contributed by atoms with Gasteiger partial charge in [-0.3, -0.25) is 4.79 Å². The molecule has 2 rings (SSSR count). The Bertz CT molecular complexity index is 441. The summed E-state index contributed by atoms with van der Waals surface area (Å²) in [5.74, 6) is 0.538. The Morgan fingerprint density at radius 2 is 2.05 bits per heavy atom. The lowest BCUT2D eigenvalue weighted by Gasteiger charge is -2.25. The number of aryl methyl sites for hydroxylation is 1. The third-order valence-corrected chi connectivity index (χ3v) is 4.41. The maximum absolute atomic E-state index is 12.3. The number of nitrogens with zero attached hydrogens (tertiary/aromatic N) is 1. The van der Waals surface area contributed by atoms with Gasteiger partial charge in [0.05, 0.1) is 0 Å². The van der Waals surface area contributed by atoms with Crippen molar-refractivity contribution >= 4 is 18.3 Å². The molecule has 1 aliphatic rings. The molecule has 1 saturated heterocycles. The first kappa shape index (κ1) is 18.0. The van der Waals surface area contributed by atoms with Gasteiger partial charge in [0.25, 0.3) is 0 Å². The van der Waals surface area contributed by atoms with Gasteiger partial charge in [0.2, 0.25) is 5.91 Å². The molecule has 0 radical (unpaired) electrons. The first-order valence-corrected chi connectivity index (χ1v) is 7.67. The number of carbonyl (C=O) groups excluding carboxylic acids is 1. The van der Waals surface area contributed by atoms with Crippen LogP contribution in [0.3, 0.4) is 0 Å². The van der Waals surface area contributed by atoms with Crippen LogP contribution in [0.4, 0.5) is 0 Å². The summed E-state index contributed by atoms with van der Waals surface area (Å²) in [5.41, 5.74) is 2.61. The van der Waals surface area contributed by atoms with E-state index in [0.717, 1.165) is 25.9 Å². The van der Waals surface area contributed by atoms with Gasteiger partial charge in [0, 0.05) is 26.1 Å². The predicted molar refractivity (Wildman–Crippen MR) is 90.1 cm³/mol. The topological polar surface area (TPSA) is 32.3 Å². The molecule has 21 heavy (non-hydrogen) atoms. The van der Waals surface area contributed by atoms with Crippen molar-refractivity contribution in [3.63, 3.8) is 0 Å².